The van der Waals surface area contributed by atoms with Crippen LogP contribution in [0.3, 0.4) is 0 Å². The maximum absolute atomic E-state index is 12.7. The number of benzene rings is 2. The molecule has 0 atom stereocenters. The Bertz CT molecular complexity index is 648. The molecule has 9 heteroatoms. The van der Waals surface area contributed by atoms with Crippen LogP contribution >= 0.6 is 0 Å². The molecule has 128 valence electrons. The average Bonchev–Trinajstić information content (AvgIpc) is 2.54. The zero-order valence-electron chi connectivity index (χ0n) is 12.1. The van der Waals surface area contributed by atoms with Gasteiger partial charge in [0.2, 0.25) is 0 Å². The molecule has 0 aromatic heterocycles. The van der Waals surface area contributed by atoms with E-state index in [0.29, 0.717) is 0 Å². The van der Waals surface area contributed by atoms with E-state index in [1.807, 2.05) is 0 Å². The molecule has 0 bridgehead atoms. The number of methoxy groups -OCH3 is 1. The number of hydrogen-bond donors (Lipinski definition) is 2. The van der Waals surface area contributed by atoms with Crippen molar-refractivity contribution in [2.75, 3.05) is 7.11 Å². The highest BCUT2D eigenvalue weighted by atomic mass is 19.1. The van der Waals surface area contributed by atoms with Gasteiger partial charge in [-0.15, -0.1) is 0 Å². The summed E-state index contributed by atoms with van der Waals surface area (Å²) in [5.74, 6) is -6.07. The first-order valence-electron chi connectivity index (χ1n) is 6.24. The summed E-state index contributed by atoms with van der Waals surface area (Å²) in [5.41, 5.74) is -0.300. The molecule has 0 heterocycles. The maximum Gasteiger partial charge on any atom is 0.343 e. The highest BCUT2D eigenvalue weighted by Gasteiger charge is 2.17. The van der Waals surface area contributed by atoms with E-state index in [4.69, 9.17) is 5.21 Å². The third-order valence-corrected chi connectivity index (χ3v) is 2.64. The second-order valence-electron chi connectivity index (χ2n) is 4.13. The number of carbonyl (C=O) groups excluding carboxylic acids is 2. The molecule has 5 nitrogen and oxygen atoms in total. The highest BCUT2D eigenvalue weighted by molar-refractivity contribution is 5.93. The van der Waals surface area contributed by atoms with Crippen molar-refractivity contribution in [1.82, 2.24) is 5.48 Å². The van der Waals surface area contributed by atoms with Crippen LogP contribution in [-0.2, 0) is 4.74 Å². The Morgan fingerprint density at radius 3 is 1.58 bits per heavy atom. The largest absolute Gasteiger partial charge is 0.465 e. The van der Waals surface area contributed by atoms with E-state index < -0.39 is 46.3 Å². The van der Waals surface area contributed by atoms with Crippen LogP contribution < -0.4 is 5.48 Å². The minimum atomic E-state index is -1.20. The number of esters is 1. The molecule has 0 aliphatic heterocycles. The topological polar surface area (TPSA) is 75.6 Å². The Hall–Kier alpha value is -2.94. The summed E-state index contributed by atoms with van der Waals surface area (Å²) >= 11 is 0. The first kappa shape index (κ1) is 19.1. The summed E-state index contributed by atoms with van der Waals surface area (Å²) in [7, 11) is 1.06. The molecule has 2 aromatic rings. The van der Waals surface area contributed by atoms with Crippen LogP contribution in [0.15, 0.2) is 36.4 Å². The standard InChI is InChI=1S/C8H6F2O2.C7H5F2NO2/c1-12-8(11)7-5(9)3-2-4-6(7)10;8-4-2-1-3-5(9)6(4)7(11)10-12/h2-4H,1H3;1-3,12H,(H,10,11). The lowest BCUT2D eigenvalue weighted by molar-refractivity contribution is 0.0589. The predicted octanol–water partition coefficient (Wildman–Crippen LogP) is 2.84. The molecule has 2 aromatic carbocycles. The second kappa shape index (κ2) is 8.63. The van der Waals surface area contributed by atoms with Crippen molar-refractivity contribution in [2.24, 2.45) is 0 Å². The molecule has 2 N–H and O–H groups in total. The fourth-order valence-electron chi connectivity index (χ4n) is 1.57. The zero-order valence-corrected chi connectivity index (χ0v) is 12.1. The predicted molar refractivity (Wildman–Crippen MR) is 73.3 cm³/mol. The normalized spacial score (nSPS) is 9.58. The SMILES string of the molecule is COC(=O)c1c(F)cccc1F.O=C(NO)c1c(F)cccc1F. The van der Waals surface area contributed by atoms with Gasteiger partial charge in [0.1, 0.15) is 34.4 Å². The molecular formula is C15H11F4NO4. The Kier molecular flexibility index (Phi) is 6.87. The fourth-order valence-corrected chi connectivity index (χ4v) is 1.57. The van der Waals surface area contributed by atoms with Crippen molar-refractivity contribution in [2.45, 2.75) is 0 Å². The number of hydroxylamine groups is 1. The number of nitrogens with one attached hydrogen (secondary N) is 1. The van der Waals surface area contributed by atoms with Gasteiger partial charge in [0.05, 0.1) is 7.11 Å². The van der Waals surface area contributed by atoms with E-state index in [1.165, 1.54) is 6.07 Å². The summed E-state index contributed by atoms with van der Waals surface area (Å²) in [4.78, 5) is 21.4. The van der Waals surface area contributed by atoms with E-state index >= 15 is 0 Å². The molecular weight excluding hydrogens is 334 g/mol. The number of amides is 1. The van der Waals surface area contributed by atoms with Gasteiger partial charge < -0.3 is 4.74 Å². The Balaban J connectivity index is 0.000000240. The number of ether oxygens (including phenoxy) is 1. The third-order valence-electron chi connectivity index (χ3n) is 2.64. The molecule has 0 spiro atoms. The Morgan fingerprint density at radius 1 is 0.875 bits per heavy atom. The van der Waals surface area contributed by atoms with Crippen LogP contribution in [0.1, 0.15) is 20.7 Å². The third kappa shape index (κ3) is 4.53. The van der Waals surface area contributed by atoms with Crippen LogP contribution in [0.5, 0.6) is 0 Å². The quantitative estimate of drug-likeness (QED) is 0.380. The molecule has 0 saturated heterocycles. The lowest BCUT2D eigenvalue weighted by Gasteiger charge is -2.00. The van der Waals surface area contributed by atoms with Crippen LogP contribution in [-0.4, -0.2) is 24.2 Å². The van der Waals surface area contributed by atoms with Gasteiger partial charge >= 0.3 is 5.97 Å². The van der Waals surface area contributed by atoms with Gasteiger partial charge in [-0.25, -0.2) is 27.8 Å². The van der Waals surface area contributed by atoms with Gasteiger partial charge in [-0.1, -0.05) is 12.1 Å². The van der Waals surface area contributed by atoms with E-state index in [2.05, 4.69) is 4.74 Å². The second-order valence-corrected chi connectivity index (χ2v) is 4.13. The number of rotatable bonds is 2. The molecule has 0 fully saturated rings. The van der Waals surface area contributed by atoms with Crippen LogP contribution in [0.25, 0.3) is 0 Å². The van der Waals surface area contributed by atoms with Gasteiger partial charge in [-0.2, -0.15) is 0 Å². The monoisotopic (exact) mass is 345 g/mol. The lowest BCUT2D eigenvalue weighted by atomic mass is 10.2. The smallest absolute Gasteiger partial charge is 0.343 e. The molecule has 24 heavy (non-hydrogen) atoms. The minimum absolute atomic E-state index is 0.653. The van der Waals surface area contributed by atoms with Crippen molar-refractivity contribution in [3.8, 4) is 0 Å². The van der Waals surface area contributed by atoms with E-state index in [0.717, 1.165) is 42.9 Å². The molecule has 1 amide bonds. The summed E-state index contributed by atoms with van der Waals surface area (Å²) in [6.07, 6.45) is 0. The molecule has 2 rings (SSSR count). The number of hydrogen-bond acceptors (Lipinski definition) is 4. The lowest BCUT2D eigenvalue weighted by Crippen LogP contribution is -2.21. The van der Waals surface area contributed by atoms with Gasteiger partial charge in [0.25, 0.3) is 5.91 Å². The van der Waals surface area contributed by atoms with Crippen LogP contribution in [0.4, 0.5) is 17.6 Å². The van der Waals surface area contributed by atoms with Gasteiger partial charge in [-0.3, -0.25) is 10.0 Å². The van der Waals surface area contributed by atoms with E-state index in [9.17, 15) is 27.2 Å². The maximum atomic E-state index is 12.7. The van der Waals surface area contributed by atoms with Gasteiger partial charge in [0.15, 0.2) is 0 Å². The molecule has 0 saturated carbocycles. The number of carbonyl (C=O) groups is 2. The van der Waals surface area contributed by atoms with Crippen LogP contribution in [0.2, 0.25) is 0 Å². The summed E-state index contributed by atoms with van der Waals surface area (Å²) in [6, 6.07) is 6.14. The van der Waals surface area contributed by atoms with E-state index in [-0.39, 0.29) is 0 Å². The first-order valence-corrected chi connectivity index (χ1v) is 6.24. The first-order chi connectivity index (χ1) is 11.3. The summed E-state index contributed by atoms with van der Waals surface area (Å²) in [6.45, 7) is 0. The molecule has 0 aliphatic rings. The van der Waals surface area contributed by atoms with Crippen molar-refractivity contribution >= 4 is 11.9 Å². The van der Waals surface area contributed by atoms with Crippen LogP contribution in [0, 0.1) is 23.3 Å². The molecule has 0 aliphatic carbocycles. The zero-order chi connectivity index (χ0) is 18.3. The summed E-state index contributed by atoms with van der Waals surface area (Å²) < 4.78 is 55.0. The Morgan fingerprint density at radius 2 is 1.25 bits per heavy atom. The summed E-state index contributed by atoms with van der Waals surface area (Å²) in [5, 5.41) is 8.10. The number of halogens is 4. The highest BCUT2D eigenvalue weighted by Crippen LogP contribution is 2.12. The van der Waals surface area contributed by atoms with Crippen molar-refractivity contribution in [3.63, 3.8) is 0 Å². The van der Waals surface area contributed by atoms with Crippen molar-refractivity contribution < 1.29 is 37.1 Å². The molecule has 0 unspecified atom stereocenters. The van der Waals surface area contributed by atoms with Gasteiger partial charge in [-0.05, 0) is 24.3 Å². The molecule has 0 radical (unpaired) electrons. The van der Waals surface area contributed by atoms with Crippen molar-refractivity contribution in [3.05, 3.63) is 70.8 Å². The average molecular weight is 345 g/mol. The Labute approximate surface area is 133 Å². The van der Waals surface area contributed by atoms with E-state index in [1.54, 1.807) is 0 Å². The van der Waals surface area contributed by atoms with Crippen molar-refractivity contribution in [1.29, 1.82) is 0 Å². The fraction of sp³-hybridized carbons (Fsp3) is 0.0667. The van der Waals surface area contributed by atoms with Gasteiger partial charge in [0, 0.05) is 0 Å². The minimum Gasteiger partial charge on any atom is -0.465 e.